The fourth-order valence-corrected chi connectivity index (χ4v) is 3.80. The van der Waals surface area contributed by atoms with Crippen LogP contribution in [0.3, 0.4) is 0 Å². The lowest BCUT2D eigenvalue weighted by Gasteiger charge is -2.12. The van der Waals surface area contributed by atoms with Gasteiger partial charge in [0.05, 0.1) is 17.4 Å². The first-order valence-corrected chi connectivity index (χ1v) is 7.63. The van der Waals surface area contributed by atoms with Gasteiger partial charge >= 0.3 is 0 Å². The van der Waals surface area contributed by atoms with Crippen LogP contribution in [0.2, 0.25) is 0 Å². The summed E-state index contributed by atoms with van der Waals surface area (Å²) in [7, 11) is -3.03. The second-order valence-corrected chi connectivity index (χ2v) is 6.68. The molecule has 1 fully saturated rings. The van der Waals surface area contributed by atoms with E-state index >= 15 is 0 Å². The zero-order valence-electron chi connectivity index (χ0n) is 9.93. The number of hydrogen-bond donors (Lipinski definition) is 2. The third-order valence-corrected chi connectivity index (χ3v) is 4.87. The number of carbonyl (C=O) groups excluding carboxylic acids is 1. The zero-order chi connectivity index (χ0) is 13.2. The van der Waals surface area contributed by atoms with Crippen LogP contribution in [0.5, 0.6) is 0 Å². The molecule has 0 saturated carbocycles. The molecule has 1 saturated heterocycles. The van der Waals surface area contributed by atoms with Crippen molar-refractivity contribution in [1.82, 2.24) is 0 Å². The highest BCUT2D eigenvalue weighted by Crippen LogP contribution is 2.21. The SMILES string of the molecule is NCc1ccccc1NC(=O)C1CCS(=O)(=O)C1. The monoisotopic (exact) mass is 268 g/mol. The van der Waals surface area contributed by atoms with E-state index in [0.717, 1.165) is 5.56 Å². The fraction of sp³-hybridized carbons (Fsp3) is 0.417. The summed E-state index contributed by atoms with van der Waals surface area (Å²) in [6, 6.07) is 7.25. The van der Waals surface area contributed by atoms with E-state index in [9.17, 15) is 13.2 Å². The number of rotatable bonds is 3. The smallest absolute Gasteiger partial charge is 0.228 e. The Morgan fingerprint density at radius 3 is 2.72 bits per heavy atom. The van der Waals surface area contributed by atoms with E-state index in [1.807, 2.05) is 12.1 Å². The highest BCUT2D eigenvalue weighted by molar-refractivity contribution is 7.91. The molecule has 0 radical (unpaired) electrons. The topological polar surface area (TPSA) is 89.3 Å². The Morgan fingerprint density at radius 1 is 1.39 bits per heavy atom. The number of nitrogens with two attached hydrogens (primary N) is 1. The molecule has 1 atom stereocenters. The number of amides is 1. The minimum absolute atomic E-state index is 0.0520. The molecular formula is C12H16N2O3S. The van der Waals surface area contributed by atoms with E-state index in [1.165, 1.54) is 0 Å². The summed E-state index contributed by atoms with van der Waals surface area (Å²) in [5.74, 6) is -0.634. The van der Waals surface area contributed by atoms with E-state index in [4.69, 9.17) is 5.73 Å². The van der Waals surface area contributed by atoms with E-state index in [-0.39, 0.29) is 17.4 Å². The van der Waals surface area contributed by atoms with Crippen molar-refractivity contribution in [2.75, 3.05) is 16.8 Å². The molecule has 0 aliphatic carbocycles. The van der Waals surface area contributed by atoms with Crippen molar-refractivity contribution in [2.45, 2.75) is 13.0 Å². The van der Waals surface area contributed by atoms with Crippen molar-refractivity contribution >= 4 is 21.4 Å². The van der Waals surface area contributed by atoms with Gasteiger partial charge in [-0.05, 0) is 18.1 Å². The number of para-hydroxylation sites is 1. The molecular weight excluding hydrogens is 252 g/mol. The lowest BCUT2D eigenvalue weighted by molar-refractivity contribution is -0.119. The van der Waals surface area contributed by atoms with Crippen LogP contribution in [0.1, 0.15) is 12.0 Å². The second kappa shape index (κ2) is 5.07. The van der Waals surface area contributed by atoms with Crippen molar-refractivity contribution in [3.8, 4) is 0 Å². The maximum absolute atomic E-state index is 12.0. The maximum atomic E-state index is 12.0. The van der Waals surface area contributed by atoms with E-state index in [2.05, 4.69) is 5.32 Å². The number of carbonyl (C=O) groups is 1. The third kappa shape index (κ3) is 2.88. The Morgan fingerprint density at radius 2 is 2.11 bits per heavy atom. The Bertz CT molecular complexity index is 554. The summed E-state index contributed by atoms with van der Waals surface area (Å²) in [6.07, 6.45) is 0.402. The lowest BCUT2D eigenvalue weighted by Crippen LogP contribution is -2.24. The van der Waals surface area contributed by atoms with Gasteiger partial charge in [-0.25, -0.2) is 8.42 Å². The molecule has 1 amide bonds. The molecule has 1 unspecified atom stereocenters. The van der Waals surface area contributed by atoms with Crippen molar-refractivity contribution in [1.29, 1.82) is 0 Å². The second-order valence-electron chi connectivity index (χ2n) is 4.45. The van der Waals surface area contributed by atoms with E-state index < -0.39 is 15.8 Å². The van der Waals surface area contributed by atoms with Crippen LogP contribution in [0.25, 0.3) is 0 Å². The first-order valence-electron chi connectivity index (χ1n) is 5.81. The summed E-state index contributed by atoms with van der Waals surface area (Å²) in [4.78, 5) is 12.0. The van der Waals surface area contributed by atoms with Crippen LogP contribution in [-0.4, -0.2) is 25.8 Å². The number of anilines is 1. The van der Waals surface area contributed by atoms with E-state index in [1.54, 1.807) is 12.1 Å². The van der Waals surface area contributed by atoms with Gasteiger partial charge in [-0.3, -0.25) is 4.79 Å². The number of sulfone groups is 1. The number of nitrogens with one attached hydrogen (secondary N) is 1. The predicted molar refractivity (Wildman–Crippen MR) is 69.7 cm³/mol. The minimum atomic E-state index is -3.03. The zero-order valence-corrected chi connectivity index (χ0v) is 10.7. The Balaban J connectivity index is 2.08. The summed E-state index contributed by atoms with van der Waals surface area (Å²) in [5.41, 5.74) is 7.08. The molecule has 1 aliphatic rings. The molecule has 0 aromatic heterocycles. The summed E-state index contributed by atoms with van der Waals surface area (Å²) < 4.78 is 22.6. The molecule has 3 N–H and O–H groups in total. The van der Waals surface area contributed by atoms with Gasteiger partial charge in [0.25, 0.3) is 0 Å². The normalized spacial score (nSPS) is 21.7. The first kappa shape index (κ1) is 13.0. The lowest BCUT2D eigenvalue weighted by atomic mass is 10.1. The molecule has 6 heteroatoms. The molecule has 1 aliphatic heterocycles. The first-order chi connectivity index (χ1) is 8.52. The predicted octanol–water partition coefficient (Wildman–Crippen LogP) is 0.518. The highest BCUT2D eigenvalue weighted by Gasteiger charge is 2.33. The van der Waals surface area contributed by atoms with Crippen LogP contribution in [0.15, 0.2) is 24.3 Å². The van der Waals surface area contributed by atoms with Crippen molar-refractivity contribution in [3.05, 3.63) is 29.8 Å². The van der Waals surface area contributed by atoms with Crippen molar-refractivity contribution in [2.24, 2.45) is 11.7 Å². The highest BCUT2D eigenvalue weighted by atomic mass is 32.2. The van der Waals surface area contributed by atoms with Crippen molar-refractivity contribution < 1.29 is 13.2 Å². The van der Waals surface area contributed by atoms with Gasteiger partial charge in [-0.1, -0.05) is 18.2 Å². The number of benzene rings is 1. The average Bonchev–Trinajstić information content (AvgIpc) is 2.70. The molecule has 1 aromatic carbocycles. The largest absolute Gasteiger partial charge is 0.326 e. The fourth-order valence-electron chi connectivity index (χ4n) is 2.06. The van der Waals surface area contributed by atoms with E-state index in [0.29, 0.717) is 18.7 Å². The average molecular weight is 268 g/mol. The van der Waals surface area contributed by atoms with Crippen LogP contribution in [0, 0.1) is 5.92 Å². The quantitative estimate of drug-likeness (QED) is 0.836. The Labute approximate surface area is 106 Å². The molecule has 1 aromatic rings. The van der Waals surface area contributed by atoms with Gasteiger partial charge in [0, 0.05) is 12.2 Å². The third-order valence-electron chi connectivity index (χ3n) is 3.10. The molecule has 0 spiro atoms. The minimum Gasteiger partial charge on any atom is -0.326 e. The van der Waals surface area contributed by atoms with Gasteiger partial charge in [0.1, 0.15) is 0 Å². The van der Waals surface area contributed by atoms with Crippen molar-refractivity contribution in [3.63, 3.8) is 0 Å². The molecule has 98 valence electrons. The Kier molecular flexibility index (Phi) is 3.68. The summed E-state index contributed by atoms with van der Waals surface area (Å²) in [5, 5.41) is 2.76. The number of hydrogen-bond acceptors (Lipinski definition) is 4. The summed E-state index contributed by atoms with van der Waals surface area (Å²) >= 11 is 0. The molecule has 2 rings (SSSR count). The van der Waals surface area contributed by atoms with Crippen LogP contribution in [-0.2, 0) is 21.2 Å². The van der Waals surface area contributed by atoms with Crippen LogP contribution < -0.4 is 11.1 Å². The van der Waals surface area contributed by atoms with Crippen LogP contribution in [0.4, 0.5) is 5.69 Å². The Hall–Kier alpha value is -1.40. The van der Waals surface area contributed by atoms with Gasteiger partial charge in [-0.15, -0.1) is 0 Å². The van der Waals surface area contributed by atoms with Gasteiger partial charge in [0.2, 0.25) is 5.91 Å². The summed E-state index contributed by atoms with van der Waals surface area (Å²) in [6.45, 7) is 0.333. The van der Waals surface area contributed by atoms with Gasteiger partial charge in [-0.2, -0.15) is 0 Å². The molecule has 18 heavy (non-hydrogen) atoms. The maximum Gasteiger partial charge on any atom is 0.228 e. The molecule has 5 nitrogen and oxygen atoms in total. The standard InChI is InChI=1S/C12H16N2O3S/c13-7-9-3-1-2-4-11(9)14-12(15)10-5-6-18(16,17)8-10/h1-4,10H,5-8,13H2,(H,14,15). The van der Waals surface area contributed by atoms with Crippen LogP contribution >= 0.6 is 0 Å². The molecule has 1 heterocycles. The molecule has 0 bridgehead atoms. The van der Waals surface area contributed by atoms with Gasteiger partial charge in [0.15, 0.2) is 9.84 Å². The van der Waals surface area contributed by atoms with Gasteiger partial charge < -0.3 is 11.1 Å².